The van der Waals surface area contributed by atoms with Gasteiger partial charge in [0.15, 0.2) is 0 Å². The number of aliphatic hydroxyl groups is 1. The molecule has 1 saturated heterocycles. The number of rotatable bonds is 4. The first kappa shape index (κ1) is 22.2. The van der Waals surface area contributed by atoms with E-state index >= 15 is 0 Å². The number of cyclic esters (lactones) is 1. The lowest BCUT2D eigenvalue weighted by Crippen LogP contribution is -2.45. The van der Waals surface area contributed by atoms with Crippen molar-refractivity contribution in [2.24, 2.45) is 0 Å². The Morgan fingerprint density at radius 3 is 2.29 bits per heavy atom. The fourth-order valence-electron chi connectivity index (χ4n) is 3.03. The van der Waals surface area contributed by atoms with Crippen LogP contribution in [0.3, 0.4) is 0 Å². The molecule has 6 heteroatoms. The van der Waals surface area contributed by atoms with E-state index in [1.54, 1.807) is 36.9 Å². The van der Waals surface area contributed by atoms with Crippen LogP contribution in [-0.4, -0.2) is 34.3 Å². The summed E-state index contributed by atoms with van der Waals surface area (Å²) in [6, 6.07) is 15.4. The molecule has 0 bridgehead atoms. The summed E-state index contributed by atoms with van der Waals surface area (Å²) in [6.07, 6.45) is 0.652. The maximum atomic E-state index is 12.2. The summed E-state index contributed by atoms with van der Waals surface area (Å²) in [5.41, 5.74) is 0.201. The van der Waals surface area contributed by atoms with E-state index < -0.39 is 5.60 Å². The van der Waals surface area contributed by atoms with Gasteiger partial charge in [-0.25, -0.2) is 9.18 Å². The van der Waals surface area contributed by atoms with E-state index in [9.17, 15) is 14.3 Å². The van der Waals surface area contributed by atoms with Crippen LogP contribution in [0, 0.1) is 5.82 Å². The Hall–Kier alpha value is -2.11. The van der Waals surface area contributed by atoms with Crippen LogP contribution >= 0.6 is 11.6 Å². The Balaban J connectivity index is 0.000000336. The molecule has 0 saturated carbocycles. The number of hydrogen-bond donors (Lipinski definition) is 1. The van der Waals surface area contributed by atoms with Crippen LogP contribution in [0.15, 0.2) is 54.6 Å². The molecule has 1 aliphatic rings. The highest BCUT2D eigenvalue weighted by Gasteiger charge is 2.33. The van der Waals surface area contributed by atoms with Crippen LogP contribution in [0.4, 0.5) is 9.18 Å². The largest absolute Gasteiger partial charge is 0.446 e. The average molecular weight is 408 g/mol. The second-order valence-electron chi connectivity index (χ2n) is 7.53. The Morgan fingerprint density at radius 2 is 1.82 bits per heavy atom. The van der Waals surface area contributed by atoms with Gasteiger partial charge in [-0.05, 0) is 50.6 Å². The van der Waals surface area contributed by atoms with E-state index in [0.717, 1.165) is 12.0 Å². The highest BCUT2D eigenvalue weighted by Crippen LogP contribution is 2.28. The first-order chi connectivity index (χ1) is 13.2. The van der Waals surface area contributed by atoms with Gasteiger partial charge < -0.3 is 14.7 Å². The maximum absolute atomic E-state index is 12.2. The predicted octanol–water partition coefficient (Wildman–Crippen LogP) is 5.60. The third-order valence-corrected chi connectivity index (χ3v) is 4.73. The monoisotopic (exact) mass is 407 g/mol. The van der Waals surface area contributed by atoms with Gasteiger partial charge in [0.25, 0.3) is 0 Å². The lowest BCUT2D eigenvalue weighted by Gasteiger charge is -2.37. The van der Waals surface area contributed by atoms with Gasteiger partial charge in [0.05, 0.1) is 11.6 Å². The number of carbonyl (C=O) groups excluding carboxylic acids is 1. The van der Waals surface area contributed by atoms with E-state index in [4.69, 9.17) is 16.3 Å². The van der Waals surface area contributed by atoms with Gasteiger partial charge in [0.1, 0.15) is 11.9 Å². The fraction of sp³-hybridized carbons (Fsp3) is 0.409. The van der Waals surface area contributed by atoms with E-state index in [1.165, 1.54) is 12.1 Å². The van der Waals surface area contributed by atoms with Crippen LogP contribution in [0.5, 0.6) is 0 Å². The zero-order valence-corrected chi connectivity index (χ0v) is 17.2. The molecule has 1 N–H and O–H groups in total. The summed E-state index contributed by atoms with van der Waals surface area (Å²) in [5, 5.41) is 10.5. The molecule has 0 aromatic heterocycles. The van der Waals surface area contributed by atoms with Crippen molar-refractivity contribution in [1.29, 1.82) is 0 Å². The SMILES string of the molecule is CC(c1ccc(Cl)cc1)N1CCC(CC(C)(C)O)OC1=O.Fc1ccccc1. The summed E-state index contributed by atoms with van der Waals surface area (Å²) >= 11 is 5.88. The van der Waals surface area contributed by atoms with Crippen molar-refractivity contribution in [3.8, 4) is 0 Å². The Kier molecular flexibility index (Phi) is 7.84. The molecule has 2 unspecified atom stereocenters. The van der Waals surface area contributed by atoms with Crippen LogP contribution in [0.2, 0.25) is 5.02 Å². The normalized spacial score (nSPS) is 18.0. The molecule has 3 rings (SSSR count). The van der Waals surface area contributed by atoms with E-state index in [2.05, 4.69) is 0 Å². The molecule has 1 fully saturated rings. The van der Waals surface area contributed by atoms with Crippen molar-refractivity contribution in [2.75, 3.05) is 6.54 Å². The Labute approximate surface area is 170 Å². The van der Waals surface area contributed by atoms with Gasteiger partial charge in [0.2, 0.25) is 0 Å². The third kappa shape index (κ3) is 7.13. The molecular weight excluding hydrogens is 381 g/mol. The summed E-state index contributed by atoms with van der Waals surface area (Å²) < 4.78 is 17.3. The molecule has 1 aliphatic heterocycles. The number of carbonyl (C=O) groups is 1. The lowest BCUT2D eigenvalue weighted by atomic mass is 9.97. The zero-order valence-electron chi connectivity index (χ0n) is 16.4. The predicted molar refractivity (Wildman–Crippen MR) is 109 cm³/mol. The number of halogens is 2. The molecule has 4 nitrogen and oxygen atoms in total. The number of ether oxygens (including phenoxy) is 1. The lowest BCUT2D eigenvalue weighted by molar-refractivity contribution is -0.0309. The smallest absolute Gasteiger partial charge is 0.410 e. The van der Waals surface area contributed by atoms with E-state index in [-0.39, 0.29) is 24.1 Å². The quantitative estimate of drug-likeness (QED) is 0.717. The number of amides is 1. The molecule has 152 valence electrons. The summed E-state index contributed by atoms with van der Waals surface area (Å²) in [5.74, 6) is -0.178. The molecule has 1 amide bonds. The first-order valence-corrected chi connectivity index (χ1v) is 9.69. The van der Waals surface area contributed by atoms with Crippen molar-refractivity contribution in [2.45, 2.75) is 51.4 Å². The maximum Gasteiger partial charge on any atom is 0.410 e. The Bertz CT molecular complexity index is 747. The zero-order chi connectivity index (χ0) is 20.7. The summed E-state index contributed by atoms with van der Waals surface area (Å²) in [4.78, 5) is 13.9. The van der Waals surface area contributed by atoms with Crippen LogP contribution in [-0.2, 0) is 4.74 Å². The second-order valence-corrected chi connectivity index (χ2v) is 7.96. The summed E-state index contributed by atoms with van der Waals surface area (Å²) in [7, 11) is 0. The van der Waals surface area contributed by atoms with Crippen LogP contribution < -0.4 is 0 Å². The Morgan fingerprint density at radius 1 is 1.21 bits per heavy atom. The van der Waals surface area contributed by atoms with Gasteiger partial charge in [0, 0.05) is 24.4 Å². The molecular formula is C22H27ClFNO3. The molecule has 0 radical (unpaired) electrons. The average Bonchev–Trinajstić information content (AvgIpc) is 2.62. The highest BCUT2D eigenvalue weighted by molar-refractivity contribution is 6.30. The molecule has 2 aromatic carbocycles. The van der Waals surface area contributed by atoms with Crippen molar-refractivity contribution >= 4 is 17.7 Å². The first-order valence-electron chi connectivity index (χ1n) is 9.31. The van der Waals surface area contributed by atoms with Gasteiger partial charge >= 0.3 is 6.09 Å². The number of hydrogen-bond acceptors (Lipinski definition) is 3. The fourth-order valence-corrected chi connectivity index (χ4v) is 3.16. The van der Waals surface area contributed by atoms with Gasteiger partial charge in [-0.1, -0.05) is 41.9 Å². The van der Waals surface area contributed by atoms with Gasteiger partial charge in [-0.15, -0.1) is 0 Å². The molecule has 28 heavy (non-hydrogen) atoms. The molecule has 2 atom stereocenters. The third-order valence-electron chi connectivity index (χ3n) is 4.47. The minimum Gasteiger partial charge on any atom is -0.446 e. The molecule has 2 aromatic rings. The number of nitrogens with zero attached hydrogens (tertiary/aromatic N) is 1. The van der Waals surface area contributed by atoms with Crippen molar-refractivity contribution in [3.05, 3.63) is 71.0 Å². The van der Waals surface area contributed by atoms with Crippen LogP contribution in [0.25, 0.3) is 0 Å². The minimum absolute atomic E-state index is 0.0575. The summed E-state index contributed by atoms with van der Waals surface area (Å²) in [6.45, 7) is 6.05. The molecule has 0 aliphatic carbocycles. The van der Waals surface area contributed by atoms with Crippen molar-refractivity contribution in [3.63, 3.8) is 0 Å². The minimum atomic E-state index is -0.824. The highest BCUT2D eigenvalue weighted by atomic mass is 35.5. The van der Waals surface area contributed by atoms with Crippen molar-refractivity contribution in [1.82, 2.24) is 4.90 Å². The number of benzene rings is 2. The standard InChI is InChI=1S/C16H22ClNO3.C6H5F/c1-11(12-4-6-13(17)7-5-12)18-9-8-14(21-15(18)19)10-16(2,3)20;7-6-4-2-1-3-5-6/h4-7,11,14,20H,8-10H2,1-3H3;1-5H. The second kappa shape index (κ2) is 9.89. The molecule has 1 heterocycles. The van der Waals surface area contributed by atoms with Crippen molar-refractivity contribution < 1.29 is 19.0 Å². The van der Waals surface area contributed by atoms with Crippen LogP contribution in [0.1, 0.15) is 45.2 Å². The van der Waals surface area contributed by atoms with Gasteiger partial charge in [-0.3, -0.25) is 0 Å². The van der Waals surface area contributed by atoms with Gasteiger partial charge in [-0.2, -0.15) is 0 Å². The van der Waals surface area contributed by atoms with E-state index in [1.807, 2.05) is 31.2 Å². The molecule has 0 spiro atoms. The topological polar surface area (TPSA) is 49.8 Å². The van der Waals surface area contributed by atoms with E-state index in [0.29, 0.717) is 18.0 Å².